The van der Waals surface area contributed by atoms with Gasteiger partial charge in [0, 0.05) is 6.20 Å². The Morgan fingerprint density at radius 1 is 1.12 bits per heavy atom. The number of carboxylic acids is 1. The van der Waals surface area contributed by atoms with E-state index in [0.29, 0.717) is 5.69 Å². The number of carbonyl (C=O) groups is 2. The molecule has 0 saturated heterocycles. The van der Waals surface area contributed by atoms with Gasteiger partial charge in [-0.15, -0.1) is 0 Å². The Hall–Kier alpha value is -2.89. The van der Waals surface area contributed by atoms with Crippen molar-refractivity contribution < 1.29 is 19.4 Å². The molecule has 1 unspecified atom stereocenters. The Morgan fingerprint density at radius 3 is 2.36 bits per heavy atom. The number of hydrogen-bond acceptors (Lipinski definition) is 4. The Kier molecular flexibility index (Phi) is 6.51. The number of aromatic nitrogens is 1. The highest BCUT2D eigenvalue weighted by Crippen LogP contribution is 2.17. The van der Waals surface area contributed by atoms with Gasteiger partial charge in [0.25, 0.3) is 0 Å². The summed E-state index contributed by atoms with van der Waals surface area (Å²) < 4.78 is 5.34. The third kappa shape index (κ3) is 5.31. The Labute approximate surface area is 147 Å². The fourth-order valence-electron chi connectivity index (χ4n) is 2.52. The number of hydrogen-bond donors (Lipinski definition) is 1. The average molecular weight is 342 g/mol. The van der Waals surface area contributed by atoms with Crippen LogP contribution in [0.3, 0.4) is 0 Å². The van der Waals surface area contributed by atoms with Crippen LogP contribution in [0.1, 0.15) is 25.1 Å². The second kappa shape index (κ2) is 8.82. The minimum Gasteiger partial charge on any atom is -0.480 e. The summed E-state index contributed by atoms with van der Waals surface area (Å²) in [5.74, 6) is -1.34. The third-order valence-corrected chi connectivity index (χ3v) is 3.72. The lowest BCUT2D eigenvalue weighted by atomic mass is 10.0. The highest BCUT2D eigenvalue weighted by atomic mass is 16.6. The summed E-state index contributed by atoms with van der Waals surface area (Å²) in [4.78, 5) is 29.7. The maximum atomic E-state index is 12.6. The molecular weight excluding hydrogens is 320 g/mol. The molecule has 2 rings (SSSR count). The minimum atomic E-state index is -1.07. The molecule has 1 N–H and O–H groups in total. The van der Waals surface area contributed by atoms with Gasteiger partial charge in [-0.1, -0.05) is 50.2 Å². The van der Waals surface area contributed by atoms with Crippen LogP contribution in [0.4, 0.5) is 4.79 Å². The van der Waals surface area contributed by atoms with Gasteiger partial charge in [-0.2, -0.15) is 0 Å². The largest absolute Gasteiger partial charge is 0.480 e. The van der Waals surface area contributed by atoms with Gasteiger partial charge in [0.1, 0.15) is 12.6 Å². The number of aliphatic carboxylic acids is 1. The number of nitrogens with zero attached hydrogens (tertiary/aromatic N) is 2. The average Bonchev–Trinajstić information content (AvgIpc) is 2.60. The van der Waals surface area contributed by atoms with E-state index in [9.17, 15) is 14.7 Å². The van der Waals surface area contributed by atoms with Gasteiger partial charge >= 0.3 is 12.1 Å². The van der Waals surface area contributed by atoms with Crippen LogP contribution in [0.2, 0.25) is 0 Å². The van der Waals surface area contributed by atoms with Crippen LogP contribution in [0.5, 0.6) is 0 Å². The molecule has 0 aliphatic carbocycles. The number of amides is 1. The first kappa shape index (κ1) is 18.4. The monoisotopic (exact) mass is 342 g/mol. The molecular formula is C19H22N2O4. The lowest BCUT2D eigenvalue weighted by Crippen LogP contribution is -2.47. The van der Waals surface area contributed by atoms with Crippen molar-refractivity contribution in [1.29, 1.82) is 0 Å². The van der Waals surface area contributed by atoms with Crippen LogP contribution in [0.15, 0.2) is 54.7 Å². The van der Waals surface area contributed by atoms with E-state index in [-0.39, 0.29) is 19.1 Å². The smallest absolute Gasteiger partial charge is 0.411 e. The van der Waals surface area contributed by atoms with E-state index < -0.39 is 18.1 Å². The predicted octanol–water partition coefficient (Wildman–Crippen LogP) is 3.33. The second-order valence-corrected chi connectivity index (χ2v) is 6.02. The summed E-state index contributed by atoms with van der Waals surface area (Å²) in [6.45, 7) is 3.68. The molecule has 2 aromatic rings. The molecule has 6 heteroatoms. The highest BCUT2D eigenvalue weighted by Gasteiger charge is 2.33. The summed E-state index contributed by atoms with van der Waals surface area (Å²) in [6, 6.07) is 13.6. The fraction of sp³-hybridized carbons (Fsp3) is 0.316. The van der Waals surface area contributed by atoms with E-state index in [2.05, 4.69) is 4.98 Å². The molecule has 25 heavy (non-hydrogen) atoms. The van der Waals surface area contributed by atoms with Crippen molar-refractivity contribution in [1.82, 2.24) is 9.88 Å². The van der Waals surface area contributed by atoms with E-state index in [1.54, 1.807) is 38.2 Å². The highest BCUT2D eigenvalue weighted by molar-refractivity contribution is 5.80. The van der Waals surface area contributed by atoms with E-state index in [1.165, 1.54) is 4.90 Å². The van der Waals surface area contributed by atoms with Crippen molar-refractivity contribution in [2.75, 3.05) is 0 Å². The normalized spacial score (nSPS) is 11.8. The number of rotatable bonds is 7. The van der Waals surface area contributed by atoms with Gasteiger partial charge in [-0.3, -0.25) is 9.88 Å². The molecule has 0 aliphatic heterocycles. The Morgan fingerprint density at radius 2 is 1.80 bits per heavy atom. The first-order valence-corrected chi connectivity index (χ1v) is 8.09. The maximum Gasteiger partial charge on any atom is 0.411 e. The summed E-state index contributed by atoms with van der Waals surface area (Å²) in [5, 5.41) is 9.56. The van der Waals surface area contributed by atoms with Crippen molar-refractivity contribution in [2.24, 2.45) is 5.92 Å². The van der Waals surface area contributed by atoms with Crippen molar-refractivity contribution in [2.45, 2.75) is 33.0 Å². The van der Waals surface area contributed by atoms with Crippen molar-refractivity contribution >= 4 is 12.1 Å². The van der Waals surface area contributed by atoms with Gasteiger partial charge in [0.15, 0.2) is 0 Å². The number of carboxylic acid groups (broad SMARTS) is 1. The van der Waals surface area contributed by atoms with Crippen molar-refractivity contribution in [3.63, 3.8) is 0 Å². The minimum absolute atomic E-state index is 0.0730. The van der Waals surface area contributed by atoms with Crippen LogP contribution in [-0.4, -0.2) is 33.1 Å². The molecule has 1 heterocycles. The number of benzene rings is 1. The predicted molar refractivity (Wildman–Crippen MR) is 92.7 cm³/mol. The zero-order valence-corrected chi connectivity index (χ0v) is 14.3. The molecule has 0 bridgehead atoms. The van der Waals surface area contributed by atoms with E-state index in [0.717, 1.165) is 5.56 Å². The van der Waals surface area contributed by atoms with Gasteiger partial charge in [0.05, 0.1) is 12.2 Å². The molecule has 0 aliphatic rings. The first-order valence-electron chi connectivity index (χ1n) is 8.09. The molecule has 0 fully saturated rings. The molecule has 0 spiro atoms. The van der Waals surface area contributed by atoms with Gasteiger partial charge < -0.3 is 9.84 Å². The van der Waals surface area contributed by atoms with Crippen LogP contribution < -0.4 is 0 Å². The fourth-order valence-corrected chi connectivity index (χ4v) is 2.52. The zero-order valence-electron chi connectivity index (χ0n) is 14.3. The molecule has 6 nitrogen and oxygen atoms in total. The summed E-state index contributed by atoms with van der Waals surface area (Å²) in [5.41, 5.74) is 1.44. The first-order chi connectivity index (χ1) is 12.0. The summed E-state index contributed by atoms with van der Waals surface area (Å²) in [6.07, 6.45) is 0.934. The van der Waals surface area contributed by atoms with Crippen molar-refractivity contribution in [3.8, 4) is 0 Å². The summed E-state index contributed by atoms with van der Waals surface area (Å²) >= 11 is 0. The van der Waals surface area contributed by atoms with Crippen LogP contribution in [0.25, 0.3) is 0 Å². The molecule has 0 radical (unpaired) electrons. The second-order valence-electron chi connectivity index (χ2n) is 6.02. The Bertz CT molecular complexity index is 689. The standard InChI is InChI=1S/C19H22N2O4/c1-14(2)17(18(22)23)21(12-16-10-6-7-11-20-16)19(24)25-13-15-8-4-3-5-9-15/h3-11,14,17H,12-13H2,1-2H3,(H,22,23). The number of ether oxygens (including phenoxy) is 1. The zero-order chi connectivity index (χ0) is 18.2. The van der Waals surface area contributed by atoms with Crippen molar-refractivity contribution in [3.05, 3.63) is 66.0 Å². The molecule has 1 amide bonds. The van der Waals surface area contributed by atoms with E-state index in [1.807, 2.05) is 30.3 Å². The molecule has 1 aromatic carbocycles. The maximum absolute atomic E-state index is 12.6. The molecule has 1 atom stereocenters. The third-order valence-electron chi connectivity index (χ3n) is 3.72. The van der Waals surface area contributed by atoms with Gasteiger partial charge in [-0.25, -0.2) is 9.59 Å². The number of carbonyl (C=O) groups excluding carboxylic acids is 1. The molecule has 1 aromatic heterocycles. The van der Waals surface area contributed by atoms with Crippen LogP contribution in [0, 0.1) is 5.92 Å². The Balaban J connectivity index is 2.17. The van der Waals surface area contributed by atoms with E-state index in [4.69, 9.17) is 4.74 Å². The lowest BCUT2D eigenvalue weighted by Gasteiger charge is -2.30. The molecule has 132 valence electrons. The summed E-state index contributed by atoms with van der Waals surface area (Å²) in [7, 11) is 0. The SMILES string of the molecule is CC(C)C(C(=O)O)N(Cc1ccccn1)C(=O)OCc1ccccc1. The van der Waals surface area contributed by atoms with Gasteiger partial charge in [-0.05, 0) is 23.6 Å². The van der Waals surface area contributed by atoms with Crippen LogP contribution >= 0.6 is 0 Å². The molecule has 0 saturated carbocycles. The van der Waals surface area contributed by atoms with Crippen LogP contribution in [-0.2, 0) is 22.7 Å². The van der Waals surface area contributed by atoms with E-state index >= 15 is 0 Å². The van der Waals surface area contributed by atoms with Gasteiger partial charge in [0.2, 0.25) is 0 Å². The quantitative estimate of drug-likeness (QED) is 0.835. The lowest BCUT2D eigenvalue weighted by molar-refractivity contribution is -0.144. The number of pyridine rings is 1. The topological polar surface area (TPSA) is 79.7 Å².